The second kappa shape index (κ2) is 8.60. The number of rotatable bonds is 2. The second-order valence-corrected chi connectivity index (χ2v) is 4.37. The first-order valence-corrected chi connectivity index (χ1v) is 6.41. The van der Waals surface area contributed by atoms with Crippen molar-refractivity contribution < 1.29 is 19.8 Å². The van der Waals surface area contributed by atoms with Gasteiger partial charge >= 0.3 is 11.9 Å². The van der Waals surface area contributed by atoms with Crippen molar-refractivity contribution in [3.05, 3.63) is 70.8 Å². The van der Waals surface area contributed by atoms with E-state index in [1.54, 1.807) is 12.1 Å². The molecule has 0 aliphatic heterocycles. The summed E-state index contributed by atoms with van der Waals surface area (Å²) in [5, 5.41) is 32.6. The minimum Gasteiger partial charge on any atom is -0.473 e. The van der Waals surface area contributed by atoms with E-state index in [4.69, 9.17) is 30.3 Å². The molecule has 0 radical (unpaired) electrons. The molecule has 0 unspecified atom stereocenters. The molecule has 2 aromatic carbocycles. The minimum atomic E-state index is -1.82. The van der Waals surface area contributed by atoms with Crippen molar-refractivity contribution in [2.24, 2.45) is 0 Å². The fraction of sp³-hybridized carbons (Fsp3) is 0.0588. The Morgan fingerprint density at radius 1 is 0.913 bits per heavy atom. The van der Waals surface area contributed by atoms with Gasteiger partial charge in [0.25, 0.3) is 0 Å². The molecule has 0 aliphatic carbocycles. The number of carboxylic acids is 2. The van der Waals surface area contributed by atoms with Crippen LogP contribution in [0.1, 0.15) is 22.3 Å². The quantitative estimate of drug-likeness (QED) is 0.820. The first-order valence-electron chi connectivity index (χ1n) is 6.41. The Balaban J connectivity index is 0.000000379. The van der Waals surface area contributed by atoms with Crippen LogP contribution in [0, 0.1) is 22.7 Å². The smallest absolute Gasteiger partial charge is 0.414 e. The van der Waals surface area contributed by atoms with Crippen molar-refractivity contribution in [1.29, 1.82) is 10.5 Å². The molecular formula is C17H12N2O4. The molecule has 114 valence electrons. The van der Waals surface area contributed by atoms with Gasteiger partial charge in [0.05, 0.1) is 23.3 Å². The Hall–Kier alpha value is -3.64. The summed E-state index contributed by atoms with van der Waals surface area (Å²) in [6, 6.07) is 19.4. The van der Waals surface area contributed by atoms with Crippen LogP contribution in [-0.2, 0) is 16.0 Å². The highest BCUT2D eigenvalue weighted by atomic mass is 16.4. The van der Waals surface area contributed by atoms with Crippen LogP contribution in [-0.4, -0.2) is 22.2 Å². The molecule has 0 aliphatic rings. The van der Waals surface area contributed by atoms with Gasteiger partial charge in [-0.05, 0) is 29.7 Å². The standard InChI is InChI=1S/C15H10N2.C2H2O4/c16-10-13-6-7-14(15(9-13)11-17)8-12-4-2-1-3-5-12;3-1(4)2(5)6/h1-7,9H,8H2;(H,3,4)(H,5,6). The summed E-state index contributed by atoms with van der Waals surface area (Å²) in [7, 11) is 0. The summed E-state index contributed by atoms with van der Waals surface area (Å²) in [5.74, 6) is -3.65. The lowest BCUT2D eigenvalue weighted by Gasteiger charge is -2.04. The van der Waals surface area contributed by atoms with Gasteiger partial charge in [0.15, 0.2) is 0 Å². The maximum atomic E-state index is 9.10. The Labute approximate surface area is 132 Å². The number of hydrogen-bond acceptors (Lipinski definition) is 4. The first-order chi connectivity index (χ1) is 11.0. The number of hydrogen-bond donors (Lipinski definition) is 2. The zero-order chi connectivity index (χ0) is 17.2. The summed E-state index contributed by atoms with van der Waals surface area (Å²) < 4.78 is 0. The molecule has 2 N–H and O–H groups in total. The fourth-order valence-electron chi connectivity index (χ4n) is 1.72. The van der Waals surface area contributed by atoms with E-state index in [1.165, 1.54) is 0 Å². The van der Waals surface area contributed by atoms with Crippen LogP contribution in [0.5, 0.6) is 0 Å². The Morgan fingerprint density at radius 2 is 1.52 bits per heavy atom. The van der Waals surface area contributed by atoms with Crippen LogP contribution in [0.25, 0.3) is 0 Å². The van der Waals surface area contributed by atoms with Gasteiger partial charge in [0.2, 0.25) is 0 Å². The number of nitriles is 2. The van der Waals surface area contributed by atoms with Gasteiger partial charge in [0.1, 0.15) is 0 Å². The highest BCUT2D eigenvalue weighted by Crippen LogP contribution is 2.15. The van der Waals surface area contributed by atoms with Gasteiger partial charge in [-0.15, -0.1) is 0 Å². The van der Waals surface area contributed by atoms with Gasteiger partial charge in [0, 0.05) is 0 Å². The van der Waals surface area contributed by atoms with Crippen molar-refractivity contribution in [3.63, 3.8) is 0 Å². The number of aliphatic carboxylic acids is 2. The summed E-state index contributed by atoms with van der Waals surface area (Å²) in [6.45, 7) is 0. The third kappa shape index (κ3) is 5.70. The highest BCUT2D eigenvalue weighted by molar-refractivity contribution is 6.27. The molecule has 0 spiro atoms. The molecule has 2 aromatic rings. The Morgan fingerprint density at radius 3 is 2.00 bits per heavy atom. The monoisotopic (exact) mass is 308 g/mol. The lowest BCUT2D eigenvalue weighted by molar-refractivity contribution is -0.159. The molecule has 0 saturated carbocycles. The van der Waals surface area contributed by atoms with E-state index in [0.717, 1.165) is 17.5 Å². The van der Waals surface area contributed by atoms with Crippen molar-refractivity contribution in [2.75, 3.05) is 0 Å². The molecule has 0 saturated heterocycles. The molecule has 0 atom stereocenters. The van der Waals surface area contributed by atoms with Crippen LogP contribution < -0.4 is 0 Å². The van der Waals surface area contributed by atoms with Gasteiger partial charge < -0.3 is 10.2 Å². The normalized spacial score (nSPS) is 8.78. The topological polar surface area (TPSA) is 122 Å². The minimum absolute atomic E-state index is 0.526. The van der Waals surface area contributed by atoms with E-state index in [-0.39, 0.29) is 0 Å². The van der Waals surface area contributed by atoms with Crippen molar-refractivity contribution in [2.45, 2.75) is 6.42 Å². The highest BCUT2D eigenvalue weighted by Gasteiger charge is 2.04. The summed E-state index contributed by atoms with van der Waals surface area (Å²) in [5.41, 5.74) is 3.22. The van der Waals surface area contributed by atoms with Gasteiger partial charge in [-0.1, -0.05) is 36.4 Å². The van der Waals surface area contributed by atoms with Crippen molar-refractivity contribution in [1.82, 2.24) is 0 Å². The number of benzene rings is 2. The van der Waals surface area contributed by atoms with E-state index in [2.05, 4.69) is 6.07 Å². The maximum absolute atomic E-state index is 9.10. The predicted octanol–water partition coefficient (Wildman–Crippen LogP) is 2.18. The number of carbonyl (C=O) groups is 2. The zero-order valence-electron chi connectivity index (χ0n) is 11.9. The van der Waals surface area contributed by atoms with Gasteiger partial charge in [-0.3, -0.25) is 0 Å². The average molecular weight is 308 g/mol. The van der Waals surface area contributed by atoms with Gasteiger partial charge in [-0.25, -0.2) is 9.59 Å². The lowest BCUT2D eigenvalue weighted by Crippen LogP contribution is -2.09. The zero-order valence-corrected chi connectivity index (χ0v) is 11.9. The predicted molar refractivity (Wildman–Crippen MR) is 80.4 cm³/mol. The Bertz CT molecular complexity index is 774. The molecule has 0 bridgehead atoms. The Kier molecular flexibility index (Phi) is 6.51. The van der Waals surface area contributed by atoms with Crippen LogP contribution in [0.3, 0.4) is 0 Å². The summed E-state index contributed by atoms with van der Waals surface area (Å²) in [4.78, 5) is 18.2. The third-order valence-electron chi connectivity index (χ3n) is 2.78. The molecular weight excluding hydrogens is 296 g/mol. The van der Waals surface area contributed by atoms with Crippen LogP contribution in [0.4, 0.5) is 0 Å². The van der Waals surface area contributed by atoms with E-state index in [9.17, 15) is 0 Å². The van der Waals surface area contributed by atoms with Crippen LogP contribution in [0.15, 0.2) is 48.5 Å². The average Bonchev–Trinajstić information content (AvgIpc) is 2.56. The molecule has 0 fully saturated rings. The molecule has 23 heavy (non-hydrogen) atoms. The number of nitrogens with zero attached hydrogens (tertiary/aromatic N) is 2. The molecule has 0 aromatic heterocycles. The van der Waals surface area contributed by atoms with E-state index < -0.39 is 11.9 Å². The van der Waals surface area contributed by atoms with Crippen molar-refractivity contribution >= 4 is 11.9 Å². The lowest BCUT2D eigenvalue weighted by atomic mass is 9.99. The van der Waals surface area contributed by atoms with E-state index >= 15 is 0 Å². The van der Waals surface area contributed by atoms with Crippen molar-refractivity contribution in [3.8, 4) is 12.1 Å². The van der Waals surface area contributed by atoms with Crippen LogP contribution in [0.2, 0.25) is 0 Å². The van der Waals surface area contributed by atoms with Gasteiger partial charge in [-0.2, -0.15) is 10.5 Å². The molecule has 0 heterocycles. The molecule has 2 rings (SSSR count). The summed E-state index contributed by atoms with van der Waals surface area (Å²) >= 11 is 0. The first kappa shape index (κ1) is 17.4. The van der Waals surface area contributed by atoms with E-state index in [0.29, 0.717) is 11.1 Å². The third-order valence-corrected chi connectivity index (χ3v) is 2.78. The molecule has 6 heteroatoms. The largest absolute Gasteiger partial charge is 0.473 e. The number of carboxylic acid groups (broad SMARTS) is 2. The maximum Gasteiger partial charge on any atom is 0.414 e. The second-order valence-electron chi connectivity index (χ2n) is 4.37. The molecule has 6 nitrogen and oxygen atoms in total. The van der Waals surface area contributed by atoms with E-state index in [1.807, 2.05) is 42.5 Å². The SMILES string of the molecule is N#Cc1ccc(Cc2ccccc2)c(C#N)c1.O=C(O)C(=O)O. The van der Waals surface area contributed by atoms with Crippen LogP contribution >= 0.6 is 0 Å². The molecule has 0 amide bonds. The summed E-state index contributed by atoms with van der Waals surface area (Å²) in [6.07, 6.45) is 0.718. The fourth-order valence-corrected chi connectivity index (χ4v) is 1.72.